The van der Waals surface area contributed by atoms with Gasteiger partial charge in [-0.05, 0) is 30.2 Å². The Morgan fingerprint density at radius 3 is 2.94 bits per heavy atom. The Morgan fingerprint density at radius 1 is 1.50 bits per heavy atom. The number of nitrogens with two attached hydrogens (primary N) is 1. The summed E-state index contributed by atoms with van der Waals surface area (Å²) < 4.78 is 3.01. The number of halogens is 2. The molecule has 1 aromatic heterocycles. The lowest BCUT2D eigenvalue weighted by Crippen LogP contribution is -2.13. The number of hydrogen-bond acceptors (Lipinski definition) is 2. The standard InChI is InChI=1S/C13H15BrClN3/c1-18-7-6-17-13(18)5-4-12(16)10-8-9(15)2-3-11(10)14/h2-3,6-8,12H,4-5,16H2,1H3. The third-order valence-corrected chi connectivity index (χ3v) is 3.91. The van der Waals surface area contributed by atoms with Crippen LogP contribution in [0.1, 0.15) is 23.9 Å². The zero-order chi connectivity index (χ0) is 13.1. The second-order valence-electron chi connectivity index (χ2n) is 4.27. The number of hydrogen-bond donors (Lipinski definition) is 1. The summed E-state index contributed by atoms with van der Waals surface area (Å²) in [6.45, 7) is 0. The molecule has 0 saturated carbocycles. The fourth-order valence-corrected chi connectivity index (χ4v) is 2.60. The lowest BCUT2D eigenvalue weighted by molar-refractivity contribution is 0.619. The van der Waals surface area contributed by atoms with Crippen molar-refractivity contribution in [2.24, 2.45) is 12.8 Å². The molecule has 2 aromatic rings. The third kappa shape index (κ3) is 3.13. The molecule has 96 valence electrons. The molecule has 0 spiro atoms. The van der Waals surface area contributed by atoms with Crippen molar-refractivity contribution in [2.75, 3.05) is 0 Å². The van der Waals surface area contributed by atoms with Crippen LogP contribution in [-0.2, 0) is 13.5 Å². The molecular formula is C13H15BrClN3. The predicted molar refractivity (Wildman–Crippen MR) is 77.6 cm³/mol. The van der Waals surface area contributed by atoms with E-state index in [-0.39, 0.29) is 6.04 Å². The number of aryl methyl sites for hydroxylation is 2. The lowest BCUT2D eigenvalue weighted by Gasteiger charge is -2.14. The summed E-state index contributed by atoms with van der Waals surface area (Å²) in [6.07, 6.45) is 5.43. The Morgan fingerprint density at radius 2 is 2.28 bits per heavy atom. The van der Waals surface area contributed by atoms with Crippen LogP contribution in [0.4, 0.5) is 0 Å². The van der Waals surface area contributed by atoms with Crippen molar-refractivity contribution in [1.29, 1.82) is 0 Å². The summed E-state index contributed by atoms with van der Waals surface area (Å²) in [5.41, 5.74) is 7.24. The summed E-state index contributed by atoms with van der Waals surface area (Å²) in [7, 11) is 1.99. The van der Waals surface area contributed by atoms with Crippen LogP contribution >= 0.6 is 27.5 Å². The monoisotopic (exact) mass is 327 g/mol. The van der Waals surface area contributed by atoms with Crippen LogP contribution in [0.2, 0.25) is 5.02 Å². The SMILES string of the molecule is Cn1ccnc1CCC(N)c1cc(Cl)ccc1Br. The van der Waals surface area contributed by atoms with Crippen LogP contribution < -0.4 is 5.73 Å². The van der Waals surface area contributed by atoms with Gasteiger partial charge < -0.3 is 10.3 Å². The highest BCUT2D eigenvalue weighted by Gasteiger charge is 2.11. The molecule has 3 nitrogen and oxygen atoms in total. The number of aromatic nitrogens is 2. The van der Waals surface area contributed by atoms with Gasteiger partial charge in [-0.1, -0.05) is 27.5 Å². The summed E-state index contributed by atoms with van der Waals surface area (Å²) in [6, 6.07) is 5.64. The van der Waals surface area contributed by atoms with E-state index in [1.165, 1.54) is 0 Å². The predicted octanol–water partition coefficient (Wildman–Crippen LogP) is 3.47. The van der Waals surface area contributed by atoms with Crippen molar-refractivity contribution in [3.63, 3.8) is 0 Å². The van der Waals surface area contributed by atoms with E-state index in [0.717, 1.165) is 28.7 Å². The lowest BCUT2D eigenvalue weighted by atomic mass is 10.0. The number of benzene rings is 1. The van der Waals surface area contributed by atoms with Crippen LogP contribution in [0.15, 0.2) is 35.1 Å². The van der Waals surface area contributed by atoms with Crippen molar-refractivity contribution < 1.29 is 0 Å². The van der Waals surface area contributed by atoms with Gasteiger partial charge in [-0.2, -0.15) is 0 Å². The maximum atomic E-state index is 6.21. The fourth-order valence-electron chi connectivity index (χ4n) is 1.88. The van der Waals surface area contributed by atoms with Gasteiger partial charge in [0, 0.05) is 41.4 Å². The maximum absolute atomic E-state index is 6.21. The second kappa shape index (κ2) is 5.87. The highest BCUT2D eigenvalue weighted by atomic mass is 79.9. The molecule has 0 amide bonds. The average molecular weight is 329 g/mol. The van der Waals surface area contributed by atoms with Gasteiger partial charge in [0.1, 0.15) is 5.82 Å². The molecule has 1 heterocycles. The summed E-state index contributed by atoms with van der Waals surface area (Å²) in [4.78, 5) is 4.29. The fraction of sp³-hybridized carbons (Fsp3) is 0.308. The van der Waals surface area contributed by atoms with Gasteiger partial charge in [-0.15, -0.1) is 0 Å². The highest BCUT2D eigenvalue weighted by molar-refractivity contribution is 9.10. The number of rotatable bonds is 4. The minimum atomic E-state index is -0.0465. The van der Waals surface area contributed by atoms with E-state index in [0.29, 0.717) is 5.02 Å². The average Bonchev–Trinajstić information content (AvgIpc) is 2.75. The Kier molecular flexibility index (Phi) is 4.43. The normalized spacial score (nSPS) is 12.7. The van der Waals surface area contributed by atoms with Crippen LogP contribution in [0, 0.1) is 0 Å². The van der Waals surface area contributed by atoms with Crippen molar-refractivity contribution in [1.82, 2.24) is 9.55 Å². The van der Waals surface area contributed by atoms with E-state index in [2.05, 4.69) is 20.9 Å². The quantitative estimate of drug-likeness (QED) is 0.934. The molecule has 0 saturated heterocycles. The zero-order valence-corrected chi connectivity index (χ0v) is 12.4. The van der Waals surface area contributed by atoms with Gasteiger partial charge in [0.25, 0.3) is 0 Å². The summed E-state index contributed by atoms with van der Waals surface area (Å²) >= 11 is 9.50. The summed E-state index contributed by atoms with van der Waals surface area (Å²) in [5, 5.41) is 0.709. The first kappa shape index (κ1) is 13.6. The molecular weight excluding hydrogens is 314 g/mol. The molecule has 18 heavy (non-hydrogen) atoms. The van der Waals surface area contributed by atoms with E-state index >= 15 is 0 Å². The van der Waals surface area contributed by atoms with Crippen LogP contribution in [0.25, 0.3) is 0 Å². The van der Waals surface area contributed by atoms with Crippen molar-refractivity contribution >= 4 is 27.5 Å². The van der Waals surface area contributed by atoms with Crippen molar-refractivity contribution in [3.8, 4) is 0 Å². The topological polar surface area (TPSA) is 43.8 Å². The van der Waals surface area contributed by atoms with E-state index < -0.39 is 0 Å². The molecule has 1 atom stereocenters. The second-order valence-corrected chi connectivity index (χ2v) is 5.56. The molecule has 5 heteroatoms. The van der Waals surface area contributed by atoms with Gasteiger partial charge in [-0.3, -0.25) is 0 Å². The molecule has 0 aliphatic carbocycles. The van der Waals surface area contributed by atoms with E-state index in [1.807, 2.05) is 36.0 Å². The number of imidazole rings is 1. The summed E-state index contributed by atoms with van der Waals surface area (Å²) in [5.74, 6) is 1.05. The minimum absolute atomic E-state index is 0.0465. The first-order valence-electron chi connectivity index (χ1n) is 5.74. The van der Waals surface area contributed by atoms with Crippen molar-refractivity contribution in [2.45, 2.75) is 18.9 Å². The van der Waals surface area contributed by atoms with E-state index in [9.17, 15) is 0 Å². The van der Waals surface area contributed by atoms with Gasteiger partial charge in [-0.25, -0.2) is 4.98 Å². The zero-order valence-electron chi connectivity index (χ0n) is 10.1. The van der Waals surface area contributed by atoms with Crippen LogP contribution in [0.5, 0.6) is 0 Å². The Labute approximate surface area is 120 Å². The minimum Gasteiger partial charge on any atom is -0.338 e. The molecule has 0 aliphatic rings. The Hall–Kier alpha value is -0.840. The van der Waals surface area contributed by atoms with Gasteiger partial charge in [0.2, 0.25) is 0 Å². The smallest absolute Gasteiger partial charge is 0.108 e. The molecule has 2 N–H and O–H groups in total. The molecule has 1 unspecified atom stereocenters. The molecule has 0 aliphatic heterocycles. The Balaban J connectivity index is 2.06. The first-order valence-corrected chi connectivity index (χ1v) is 6.91. The molecule has 0 bridgehead atoms. The molecule has 1 aromatic carbocycles. The third-order valence-electron chi connectivity index (χ3n) is 2.96. The van der Waals surface area contributed by atoms with E-state index in [1.54, 1.807) is 6.20 Å². The van der Waals surface area contributed by atoms with Gasteiger partial charge in [0.05, 0.1) is 0 Å². The molecule has 2 rings (SSSR count). The van der Waals surface area contributed by atoms with E-state index in [4.69, 9.17) is 17.3 Å². The van der Waals surface area contributed by atoms with Crippen molar-refractivity contribution in [3.05, 3.63) is 51.5 Å². The van der Waals surface area contributed by atoms with Gasteiger partial charge >= 0.3 is 0 Å². The highest BCUT2D eigenvalue weighted by Crippen LogP contribution is 2.27. The molecule has 0 fully saturated rings. The van der Waals surface area contributed by atoms with Crippen LogP contribution in [-0.4, -0.2) is 9.55 Å². The number of nitrogens with zero attached hydrogens (tertiary/aromatic N) is 2. The Bertz CT molecular complexity index is 539. The molecule has 0 radical (unpaired) electrons. The van der Waals surface area contributed by atoms with Crippen LogP contribution in [0.3, 0.4) is 0 Å². The van der Waals surface area contributed by atoms with Gasteiger partial charge in [0.15, 0.2) is 0 Å². The first-order chi connectivity index (χ1) is 8.58. The maximum Gasteiger partial charge on any atom is 0.108 e. The largest absolute Gasteiger partial charge is 0.338 e.